The molecule has 7 rings (SSSR count). The molecular weight excluding hydrogens is 425 g/mol. The van der Waals surface area contributed by atoms with Crippen molar-refractivity contribution in [1.29, 1.82) is 0 Å². The number of rotatable bonds is 6. The van der Waals surface area contributed by atoms with Crippen LogP contribution in [0, 0.1) is 29.0 Å². The van der Waals surface area contributed by atoms with Gasteiger partial charge in [-0.05, 0) is 93.6 Å². The Hall–Kier alpha value is -2.15. The van der Waals surface area contributed by atoms with Gasteiger partial charge in [0.15, 0.2) is 6.04 Å². The van der Waals surface area contributed by atoms with Crippen LogP contribution in [0.1, 0.15) is 80.1 Å². The summed E-state index contributed by atoms with van der Waals surface area (Å²) < 4.78 is 26.9. The number of carbonyl (C=O) groups excluding carboxylic acids is 1. The van der Waals surface area contributed by atoms with E-state index in [9.17, 15) is 14.7 Å². The Bertz CT molecular complexity index is 954. The number of carboxylic acid groups (broad SMARTS) is 1. The van der Waals surface area contributed by atoms with Gasteiger partial charge in [-0.3, -0.25) is 9.69 Å². The quantitative estimate of drug-likeness (QED) is 0.677. The Balaban J connectivity index is 1.24. The second-order valence-corrected chi connectivity index (χ2v) is 11.4. The first-order chi connectivity index (χ1) is 15.8. The fraction of sp³-hybridized carbons (Fsp3) is 0.692. The van der Waals surface area contributed by atoms with Crippen molar-refractivity contribution in [2.45, 2.75) is 76.4 Å². The SMILES string of the molecule is C[C@@H]1OCN(C(=O)c2cc(C3CC3)c(OCC34CC5CC(CC(C5)C3)C4)cc2F)[C@H]1C(=O)O. The van der Waals surface area contributed by atoms with E-state index >= 15 is 4.39 Å². The highest BCUT2D eigenvalue weighted by Gasteiger charge is 2.51. The molecule has 5 aliphatic carbocycles. The minimum absolute atomic E-state index is 0.0944. The van der Waals surface area contributed by atoms with E-state index in [2.05, 4.69) is 0 Å². The Morgan fingerprint density at radius 3 is 2.36 bits per heavy atom. The molecular formula is C26H32FNO5. The van der Waals surface area contributed by atoms with Gasteiger partial charge in [-0.25, -0.2) is 9.18 Å². The second-order valence-electron chi connectivity index (χ2n) is 11.4. The van der Waals surface area contributed by atoms with Gasteiger partial charge in [0.05, 0.1) is 18.3 Å². The zero-order valence-electron chi connectivity index (χ0n) is 19.1. The average Bonchev–Trinajstić information content (AvgIpc) is 3.51. The van der Waals surface area contributed by atoms with Crippen molar-refractivity contribution in [3.8, 4) is 5.75 Å². The second kappa shape index (κ2) is 7.69. The molecule has 4 bridgehead atoms. The summed E-state index contributed by atoms with van der Waals surface area (Å²) in [6.45, 7) is 2.08. The first-order valence-electron chi connectivity index (χ1n) is 12.4. The van der Waals surface area contributed by atoms with E-state index in [0.29, 0.717) is 12.4 Å². The van der Waals surface area contributed by atoms with E-state index in [-0.39, 0.29) is 23.6 Å². The fourth-order valence-electron chi connectivity index (χ4n) is 7.57. The summed E-state index contributed by atoms with van der Waals surface area (Å²) in [5.74, 6) is 0.861. The van der Waals surface area contributed by atoms with Gasteiger partial charge in [0.1, 0.15) is 18.3 Å². The molecule has 0 radical (unpaired) electrons. The lowest BCUT2D eigenvalue weighted by Gasteiger charge is -2.56. The van der Waals surface area contributed by atoms with E-state index in [1.165, 1.54) is 44.6 Å². The number of carbonyl (C=O) groups is 2. The number of aliphatic carboxylic acids is 1. The maximum Gasteiger partial charge on any atom is 0.329 e. The molecule has 1 aromatic rings. The van der Waals surface area contributed by atoms with Crippen LogP contribution in [-0.2, 0) is 9.53 Å². The normalized spacial score (nSPS) is 36.9. The number of halogens is 1. The summed E-state index contributed by atoms with van der Waals surface area (Å²) in [4.78, 5) is 25.9. The smallest absolute Gasteiger partial charge is 0.329 e. The lowest BCUT2D eigenvalue weighted by Crippen LogP contribution is -2.48. The van der Waals surface area contributed by atoms with Crippen molar-refractivity contribution in [3.63, 3.8) is 0 Å². The molecule has 7 heteroatoms. The number of benzene rings is 1. The largest absolute Gasteiger partial charge is 0.493 e. The van der Waals surface area contributed by atoms with Gasteiger partial charge in [-0.1, -0.05) is 0 Å². The molecule has 1 aliphatic heterocycles. The standard InChI is InChI=1S/C26H32FNO5/c1-14-23(25(30)31)28(13-33-14)24(29)20-7-19(18-2-3-18)22(8-21(20)27)32-12-26-9-15-4-16(10-26)6-17(5-15)11-26/h7-8,14-18,23H,2-6,9-13H2,1H3,(H,30,31)/t14-,15?,16?,17?,23+,26?/m0/s1. The third-order valence-corrected chi connectivity index (χ3v) is 8.82. The molecule has 1 aromatic carbocycles. The molecule has 2 atom stereocenters. The van der Waals surface area contributed by atoms with Gasteiger partial charge in [0.2, 0.25) is 0 Å². The average molecular weight is 458 g/mol. The predicted octanol–water partition coefficient (Wildman–Crippen LogP) is 4.57. The van der Waals surface area contributed by atoms with E-state index in [1.54, 1.807) is 13.0 Å². The molecule has 6 aliphatic rings. The maximum absolute atomic E-state index is 15.2. The molecule has 178 valence electrons. The zero-order chi connectivity index (χ0) is 22.9. The molecule has 1 heterocycles. The highest BCUT2D eigenvalue weighted by molar-refractivity contribution is 5.97. The number of ether oxygens (including phenoxy) is 2. The van der Waals surface area contributed by atoms with Gasteiger partial charge in [0.25, 0.3) is 5.91 Å². The minimum Gasteiger partial charge on any atom is -0.493 e. The van der Waals surface area contributed by atoms with Crippen LogP contribution in [0.2, 0.25) is 0 Å². The highest BCUT2D eigenvalue weighted by Crippen LogP contribution is 2.60. The summed E-state index contributed by atoms with van der Waals surface area (Å²) in [6.07, 6.45) is 9.13. The van der Waals surface area contributed by atoms with E-state index in [4.69, 9.17) is 9.47 Å². The summed E-state index contributed by atoms with van der Waals surface area (Å²) in [5, 5.41) is 9.51. The molecule has 5 saturated carbocycles. The number of hydrogen-bond donors (Lipinski definition) is 1. The Labute approximate surface area is 193 Å². The van der Waals surface area contributed by atoms with Gasteiger partial charge in [0, 0.05) is 11.5 Å². The van der Waals surface area contributed by atoms with E-state index < -0.39 is 29.8 Å². The van der Waals surface area contributed by atoms with Gasteiger partial charge in [-0.2, -0.15) is 0 Å². The number of amides is 1. The molecule has 0 spiro atoms. The van der Waals surface area contributed by atoms with Crippen LogP contribution in [0.3, 0.4) is 0 Å². The first-order valence-corrected chi connectivity index (χ1v) is 12.4. The van der Waals surface area contributed by atoms with Crippen molar-refractivity contribution in [2.75, 3.05) is 13.3 Å². The topological polar surface area (TPSA) is 76.1 Å². The van der Waals surface area contributed by atoms with Crippen LogP contribution in [-0.4, -0.2) is 47.4 Å². The summed E-state index contributed by atoms with van der Waals surface area (Å²) in [6, 6.07) is 1.84. The lowest BCUT2D eigenvalue weighted by molar-refractivity contribution is -0.142. The van der Waals surface area contributed by atoms with Crippen LogP contribution in [0.15, 0.2) is 12.1 Å². The molecule has 6 fully saturated rings. The Morgan fingerprint density at radius 2 is 1.79 bits per heavy atom. The minimum atomic E-state index is -1.15. The number of hydrogen-bond acceptors (Lipinski definition) is 4. The molecule has 1 N–H and O–H groups in total. The van der Waals surface area contributed by atoms with Crippen molar-refractivity contribution < 1.29 is 28.6 Å². The Morgan fingerprint density at radius 1 is 1.15 bits per heavy atom. The van der Waals surface area contributed by atoms with Crippen molar-refractivity contribution in [3.05, 3.63) is 29.1 Å². The van der Waals surface area contributed by atoms with Crippen LogP contribution in [0.4, 0.5) is 4.39 Å². The predicted molar refractivity (Wildman–Crippen MR) is 117 cm³/mol. The summed E-state index contributed by atoms with van der Waals surface area (Å²) in [5.41, 5.74) is 1.01. The number of carboxylic acids is 1. The fourth-order valence-corrected chi connectivity index (χ4v) is 7.57. The summed E-state index contributed by atoms with van der Waals surface area (Å²) in [7, 11) is 0. The van der Waals surface area contributed by atoms with Gasteiger partial charge >= 0.3 is 5.97 Å². The number of nitrogens with zero attached hydrogens (tertiary/aromatic N) is 1. The van der Waals surface area contributed by atoms with Crippen LogP contribution >= 0.6 is 0 Å². The van der Waals surface area contributed by atoms with Crippen molar-refractivity contribution >= 4 is 11.9 Å². The third kappa shape index (κ3) is 3.72. The van der Waals surface area contributed by atoms with Crippen LogP contribution in [0.5, 0.6) is 5.75 Å². The van der Waals surface area contributed by atoms with Crippen LogP contribution < -0.4 is 4.74 Å². The molecule has 1 amide bonds. The lowest BCUT2D eigenvalue weighted by atomic mass is 9.50. The van der Waals surface area contributed by atoms with Gasteiger partial charge in [-0.15, -0.1) is 0 Å². The third-order valence-electron chi connectivity index (χ3n) is 8.82. The molecule has 1 saturated heterocycles. The van der Waals surface area contributed by atoms with Crippen molar-refractivity contribution in [2.24, 2.45) is 23.2 Å². The molecule has 0 aromatic heterocycles. The van der Waals surface area contributed by atoms with Crippen molar-refractivity contribution in [1.82, 2.24) is 4.90 Å². The first kappa shape index (κ1) is 21.4. The molecule has 6 nitrogen and oxygen atoms in total. The highest BCUT2D eigenvalue weighted by atomic mass is 19.1. The monoisotopic (exact) mass is 457 g/mol. The van der Waals surface area contributed by atoms with E-state index in [0.717, 1.165) is 41.1 Å². The summed E-state index contributed by atoms with van der Waals surface area (Å²) >= 11 is 0. The molecule has 33 heavy (non-hydrogen) atoms. The van der Waals surface area contributed by atoms with E-state index in [1.807, 2.05) is 0 Å². The maximum atomic E-state index is 15.2. The van der Waals surface area contributed by atoms with Crippen LogP contribution in [0.25, 0.3) is 0 Å². The zero-order valence-corrected chi connectivity index (χ0v) is 19.1. The Kier molecular flexibility index (Phi) is 4.98. The van der Waals surface area contributed by atoms with Gasteiger partial charge < -0.3 is 14.6 Å². The molecule has 0 unspecified atom stereocenters.